The van der Waals surface area contributed by atoms with Crippen molar-refractivity contribution in [2.45, 2.75) is 37.0 Å². The summed E-state index contributed by atoms with van der Waals surface area (Å²) in [6.07, 6.45) is 4.24. The van der Waals surface area contributed by atoms with Crippen LogP contribution in [0.4, 0.5) is 0 Å². The zero-order valence-corrected chi connectivity index (χ0v) is 10.5. The molecular formula is C10H21IO. The van der Waals surface area contributed by atoms with E-state index in [0.717, 1.165) is 3.92 Å². The fourth-order valence-corrected chi connectivity index (χ4v) is 3.47. The number of hydrogen-bond donors (Lipinski definition) is 0. The van der Waals surface area contributed by atoms with Gasteiger partial charge in [0.15, 0.2) is 0 Å². The topological polar surface area (TPSA) is 2.70 Å². The van der Waals surface area contributed by atoms with Crippen molar-refractivity contribution in [1.29, 1.82) is 0 Å². The van der Waals surface area contributed by atoms with Gasteiger partial charge in [0.25, 0.3) is 0 Å². The summed E-state index contributed by atoms with van der Waals surface area (Å²) in [5.41, 5.74) is 0. The second kappa shape index (κ2) is 6.19. The molecule has 0 aromatic rings. The van der Waals surface area contributed by atoms with E-state index in [-0.39, 0.29) is 0 Å². The van der Waals surface area contributed by atoms with Crippen LogP contribution in [-0.4, -0.2) is 28.2 Å². The van der Waals surface area contributed by atoms with Crippen molar-refractivity contribution in [2.75, 3.05) is 24.2 Å². The van der Waals surface area contributed by atoms with Crippen LogP contribution in [0.15, 0.2) is 0 Å². The maximum absolute atomic E-state index is 3.38. The predicted molar refractivity (Wildman–Crippen MR) is 49.5 cm³/mol. The van der Waals surface area contributed by atoms with Crippen LogP contribution in [0.1, 0.15) is 33.1 Å². The van der Waals surface area contributed by atoms with Crippen LogP contribution >= 0.6 is 0 Å². The van der Waals surface area contributed by atoms with Gasteiger partial charge in [-0.25, -0.2) is 0 Å². The molecule has 0 aliphatic carbocycles. The van der Waals surface area contributed by atoms with Gasteiger partial charge >= 0.3 is 86.9 Å². The standard InChI is InChI=1S/C10H21IO/c1-10(2)11-6-5-9-12-7-3-4-8-12/h10H,3-9H2,1-2H3. The molecule has 1 aliphatic heterocycles. The molecule has 0 bridgehead atoms. The van der Waals surface area contributed by atoms with E-state index in [1.165, 1.54) is 43.5 Å². The quantitative estimate of drug-likeness (QED) is 0.270. The van der Waals surface area contributed by atoms with Gasteiger partial charge in [0.1, 0.15) is 0 Å². The summed E-state index contributed by atoms with van der Waals surface area (Å²) in [6, 6.07) is 0. The molecule has 1 saturated heterocycles. The third-order valence-corrected chi connectivity index (χ3v) is 5.25. The van der Waals surface area contributed by atoms with Crippen molar-refractivity contribution < 1.29 is 25.6 Å². The average Bonchev–Trinajstić information content (AvgIpc) is 2.49. The molecule has 0 aromatic heterocycles. The Morgan fingerprint density at radius 2 is 1.92 bits per heavy atom. The van der Waals surface area contributed by atoms with E-state index in [0.29, 0.717) is 21.2 Å². The summed E-state index contributed by atoms with van der Waals surface area (Å²) >= 11 is 0.503. The van der Waals surface area contributed by atoms with Gasteiger partial charge in [-0.15, -0.1) is 0 Å². The first kappa shape index (κ1) is 10.8. The van der Waals surface area contributed by atoms with Crippen molar-refractivity contribution in [3.63, 3.8) is 0 Å². The summed E-state index contributed by atoms with van der Waals surface area (Å²) in [6.45, 7) is 8.60. The second-order valence-corrected chi connectivity index (χ2v) is 8.09. The molecule has 0 aromatic carbocycles. The summed E-state index contributed by atoms with van der Waals surface area (Å²) in [4.78, 5) is 0. The Kier molecular flexibility index (Phi) is 5.56. The maximum atomic E-state index is 3.38. The number of rotatable bonds is 5. The first-order valence-corrected chi connectivity index (χ1v) is 7.78. The normalized spacial score (nSPS) is 19.6. The number of halogens is 1. The second-order valence-electron chi connectivity index (χ2n) is 3.64. The van der Waals surface area contributed by atoms with E-state index in [9.17, 15) is 0 Å². The molecule has 0 radical (unpaired) electrons. The minimum absolute atomic E-state index is 0.503. The van der Waals surface area contributed by atoms with E-state index >= 15 is 0 Å². The van der Waals surface area contributed by atoms with Crippen LogP contribution in [0.2, 0.25) is 0 Å². The Labute approximate surface area is 86.8 Å². The third-order valence-electron chi connectivity index (χ3n) is 2.10. The van der Waals surface area contributed by atoms with Crippen molar-refractivity contribution in [2.24, 2.45) is 0 Å². The summed E-state index contributed by atoms with van der Waals surface area (Å²) in [5, 5.41) is 0. The zero-order chi connectivity index (χ0) is 8.81. The summed E-state index contributed by atoms with van der Waals surface area (Å²) < 4.78 is 5.89. The van der Waals surface area contributed by atoms with E-state index < -0.39 is 0 Å². The molecule has 2 heteroatoms. The van der Waals surface area contributed by atoms with E-state index in [4.69, 9.17) is 0 Å². The zero-order valence-electron chi connectivity index (χ0n) is 8.31. The van der Waals surface area contributed by atoms with Gasteiger partial charge < -0.3 is 0 Å². The monoisotopic (exact) mass is 284 g/mol. The van der Waals surface area contributed by atoms with Gasteiger partial charge in [-0.05, 0) is 0 Å². The molecule has 0 spiro atoms. The van der Waals surface area contributed by atoms with Crippen LogP contribution < -0.4 is 21.2 Å². The Bertz CT molecular complexity index is 108. The molecule has 1 nitrogen and oxygen atoms in total. The molecule has 74 valence electrons. The molecule has 0 atom stereocenters. The van der Waals surface area contributed by atoms with Crippen molar-refractivity contribution >= 4 is 0 Å². The SMILES string of the molecule is CC(C)[I-]CCC[O+]1CCCC1. The first-order chi connectivity index (χ1) is 5.79. The molecule has 0 N–H and O–H groups in total. The number of alkyl halides is 2. The molecule has 1 rings (SSSR count). The van der Waals surface area contributed by atoms with E-state index in [2.05, 4.69) is 18.2 Å². The summed E-state index contributed by atoms with van der Waals surface area (Å²) in [5.74, 6) is 0. The predicted octanol–water partition coefficient (Wildman–Crippen LogP) is -0.780. The minimum atomic E-state index is 0.503. The van der Waals surface area contributed by atoms with Crippen LogP contribution in [0.5, 0.6) is 0 Å². The van der Waals surface area contributed by atoms with Gasteiger partial charge in [0.2, 0.25) is 0 Å². The van der Waals surface area contributed by atoms with Crippen molar-refractivity contribution in [1.82, 2.24) is 0 Å². The van der Waals surface area contributed by atoms with Crippen molar-refractivity contribution in [3.05, 3.63) is 0 Å². The van der Waals surface area contributed by atoms with Crippen LogP contribution in [0, 0.1) is 0 Å². The number of hydrogen-bond acceptors (Lipinski definition) is 0. The van der Waals surface area contributed by atoms with E-state index in [1.807, 2.05) is 0 Å². The average molecular weight is 284 g/mol. The van der Waals surface area contributed by atoms with Crippen LogP contribution in [0.3, 0.4) is 0 Å². The molecule has 1 fully saturated rings. The molecule has 0 unspecified atom stereocenters. The van der Waals surface area contributed by atoms with Gasteiger partial charge in [-0.2, -0.15) is 0 Å². The fourth-order valence-electron chi connectivity index (χ4n) is 1.47. The fraction of sp³-hybridized carbons (Fsp3) is 1.00. The molecule has 0 saturated carbocycles. The van der Waals surface area contributed by atoms with Gasteiger partial charge in [-0.3, -0.25) is 0 Å². The van der Waals surface area contributed by atoms with Gasteiger partial charge in [0.05, 0.1) is 0 Å². The Morgan fingerprint density at radius 3 is 2.50 bits per heavy atom. The Hall–Kier alpha value is 0.690. The van der Waals surface area contributed by atoms with Crippen LogP contribution in [0.25, 0.3) is 0 Å². The first-order valence-electron chi connectivity index (χ1n) is 5.01. The molecular weight excluding hydrogens is 263 g/mol. The molecule has 1 aliphatic rings. The molecule has 0 amide bonds. The van der Waals surface area contributed by atoms with Crippen LogP contribution in [-0.2, 0) is 4.37 Å². The molecule has 1 heterocycles. The van der Waals surface area contributed by atoms with E-state index in [1.54, 1.807) is 0 Å². The van der Waals surface area contributed by atoms with Gasteiger partial charge in [-0.1, -0.05) is 0 Å². The van der Waals surface area contributed by atoms with Gasteiger partial charge in [0, 0.05) is 0 Å². The third kappa shape index (κ3) is 4.65. The summed E-state index contributed by atoms with van der Waals surface area (Å²) in [7, 11) is 0. The Morgan fingerprint density at radius 1 is 1.25 bits per heavy atom. The molecule has 12 heavy (non-hydrogen) atoms. The van der Waals surface area contributed by atoms with Crippen molar-refractivity contribution in [3.8, 4) is 0 Å². The Balaban J connectivity index is 1.88.